The average molecular weight is 332 g/mol. The van der Waals surface area contributed by atoms with E-state index in [4.69, 9.17) is 5.73 Å². The van der Waals surface area contributed by atoms with Crippen LogP contribution in [0.25, 0.3) is 0 Å². The summed E-state index contributed by atoms with van der Waals surface area (Å²) in [7, 11) is 0. The largest absolute Gasteiger partial charge is 0.383 e. The third-order valence-corrected chi connectivity index (χ3v) is 3.94. The van der Waals surface area contributed by atoms with Crippen molar-refractivity contribution >= 4 is 35.0 Å². The van der Waals surface area contributed by atoms with Crippen molar-refractivity contribution in [3.8, 4) is 0 Å². The summed E-state index contributed by atoms with van der Waals surface area (Å²) >= 11 is 1.09. The number of carbonyl (C=O) groups excluding carboxylic acids is 2. The van der Waals surface area contributed by atoms with E-state index in [1.54, 1.807) is 31.2 Å². The first-order chi connectivity index (χ1) is 10.8. The van der Waals surface area contributed by atoms with Gasteiger partial charge in [0.1, 0.15) is 5.82 Å². The maximum Gasteiger partial charge on any atom is 0.253 e. The van der Waals surface area contributed by atoms with E-state index >= 15 is 0 Å². The lowest BCUT2D eigenvalue weighted by Gasteiger charge is -2.11. The number of aromatic amines is 1. The maximum atomic E-state index is 12.2. The average Bonchev–Trinajstić information content (AvgIpc) is 2.46. The van der Waals surface area contributed by atoms with Crippen LogP contribution in [-0.2, 0) is 4.79 Å². The Balaban J connectivity index is 2.02. The highest BCUT2D eigenvalue weighted by atomic mass is 32.2. The van der Waals surface area contributed by atoms with E-state index in [2.05, 4.69) is 15.3 Å². The number of aromatic nitrogens is 2. The van der Waals surface area contributed by atoms with Crippen LogP contribution >= 0.6 is 11.8 Å². The van der Waals surface area contributed by atoms with Gasteiger partial charge in [0.05, 0.1) is 5.25 Å². The molecule has 2 aromatic rings. The summed E-state index contributed by atoms with van der Waals surface area (Å²) in [5, 5.41) is 2.52. The number of nitrogens with one attached hydrogen (secondary N) is 2. The zero-order valence-electron chi connectivity index (χ0n) is 12.6. The first-order valence-electron chi connectivity index (χ1n) is 6.80. The van der Waals surface area contributed by atoms with E-state index in [1.165, 1.54) is 13.0 Å². The van der Waals surface area contributed by atoms with Crippen molar-refractivity contribution in [3.05, 3.63) is 46.2 Å². The number of nitrogens with zero attached hydrogens (tertiary/aromatic N) is 1. The summed E-state index contributed by atoms with van der Waals surface area (Å²) in [5.74, 6) is -0.192. The molecule has 0 bridgehead atoms. The molecular formula is C15H16N4O3S. The van der Waals surface area contributed by atoms with Crippen LogP contribution in [0.5, 0.6) is 0 Å². The van der Waals surface area contributed by atoms with Gasteiger partial charge in [-0.15, -0.1) is 0 Å². The quantitative estimate of drug-likeness (QED) is 0.435. The van der Waals surface area contributed by atoms with Gasteiger partial charge in [0.25, 0.3) is 5.56 Å². The number of ketones is 1. The number of amides is 1. The molecule has 1 amide bonds. The second-order valence-electron chi connectivity index (χ2n) is 4.86. The number of nitrogens with two attached hydrogens (primary N) is 1. The molecule has 1 heterocycles. The fourth-order valence-corrected chi connectivity index (χ4v) is 2.58. The molecule has 0 aliphatic heterocycles. The van der Waals surface area contributed by atoms with Crippen molar-refractivity contribution in [1.82, 2.24) is 9.97 Å². The van der Waals surface area contributed by atoms with Crippen LogP contribution in [0.3, 0.4) is 0 Å². The van der Waals surface area contributed by atoms with Crippen molar-refractivity contribution in [2.24, 2.45) is 0 Å². The summed E-state index contributed by atoms with van der Waals surface area (Å²) in [5.41, 5.74) is 6.29. The van der Waals surface area contributed by atoms with Crippen LogP contribution in [0.4, 0.5) is 11.5 Å². The third-order valence-electron chi connectivity index (χ3n) is 2.96. The zero-order chi connectivity index (χ0) is 17.0. The predicted molar refractivity (Wildman–Crippen MR) is 89.7 cm³/mol. The molecule has 23 heavy (non-hydrogen) atoms. The Morgan fingerprint density at radius 3 is 2.52 bits per heavy atom. The molecule has 8 heteroatoms. The molecule has 0 saturated heterocycles. The second kappa shape index (κ2) is 7.10. The van der Waals surface area contributed by atoms with Crippen molar-refractivity contribution in [3.63, 3.8) is 0 Å². The summed E-state index contributed by atoms with van der Waals surface area (Å²) < 4.78 is 0. The number of carbonyl (C=O) groups is 2. The van der Waals surface area contributed by atoms with Crippen LogP contribution in [0.2, 0.25) is 0 Å². The fraction of sp³-hybridized carbons (Fsp3) is 0.200. The van der Waals surface area contributed by atoms with Gasteiger partial charge in [0, 0.05) is 17.3 Å². The Bertz CT molecular complexity index is 786. The van der Waals surface area contributed by atoms with Gasteiger partial charge in [-0.2, -0.15) is 0 Å². The second-order valence-corrected chi connectivity index (χ2v) is 6.19. The number of H-pyrrole nitrogens is 1. The monoisotopic (exact) mass is 332 g/mol. The van der Waals surface area contributed by atoms with E-state index in [9.17, 15) is 14.4 Å². The van der Waals surface area contributed by atoms with Gasteiger partial charge in [-0.05, 0) is 38.1 Å². The number of benzene rings is 1. The van der Waals surface area contributed by atoms with E-state index in [0.29, 0.717) is 11.3 Å². The molecule has 0 fully saturated rings. The summed E-state index contributed by atoms with van der Waals surface area (Å²) in [6.07, 6.45) is 0. The number of Topliss-reactive ketones (excluding diaryl/α,β-unsaturated/α-hetero) is 1. The molecule has 2 rings (SSSR count). The Morgan fingerprint density at radius 1 is 1.30 bits per heavy atom. The maximum absolute atomic E-state index is 12.2. The molecular weight excluding hydrogens is 316 g/mol. The molecule has 1 aromatic carbocycles. The number of hydrogen-bond donors (Lipinski definition) is 3. The van der Waals surface area contributed by atoms with Gasteiger partial charge in [-0.25, -0.2) is 4.98 Å². The lowest BCUT2D eigenvalue weighted by molar-refractivity contribution is -0.115. The predicted octanol–water partition coefficient (Wildman–Crippen LogP) is 1.67. The van der Waals surface area contributed by atoms with Crippen molar-refractivity contribution in [2.75, 3.05) is 11.1 Å². The lowest BCUT2D eigenvalue weighted by atomic mass is 10.1. The topological polar surface area (TPSA) is 118 Å². The first-order valence-corrected chi connectivity index (χ1v) is 7.68. The Kier molecular flexibility index (Phi) is 5.17. The summed E-state index contributed by atoms with van der Waals surface area (Å²) in [6.45, 7) is 3.17. The Hall–Kier alpha value is -2.61. The molecule has 0 aliphatic carbocycles. The molecule has 0 unspecified atom stereocenters. The van der Waals surface area contributed by atoms with Gasteiger partial charge in [-0.3, -0.25) is 14.4 Å². The molecule has 4 N–H and O–H groups in total. The minimum atomic E-state index is -0.493. The molecule has 7 nitrogen and oxygen atoms in total. The van der Waals surface area contributed by atoms with Crippen LogP contribution in [0.1, 0.15) is 24.2 Å². The molecule has 0 aliphatic rings. The smallest absolute Gasteiger partial charge is 0.253 e. The van der Waals surface area contributed by atoms with Gasteiger partial charge < -0.3 is 16.0 Å². The van der Waals surface area contributed by atoms with Gasteiger partial charge in [0.2, 0.25) is 5.91 Å². The van der Waals surface area contributed by atoms with Crippen molar-refractivity contribution in [2.45, 2.75) is 24.3 Å². The number of hydrogen-bond acceptors (Lipinski definition) is 6. The van der Waals surface area contributed by atoms with Crippen LogP contribution < -0.4 is 16.6 Å². The van der Waals surface area contributed by atoms with Crippen LogP contribution in [-0.4, -0.2) is 26.9 Å². The van der Waals surface area contributed by atoms with E-state index in [0.717, 1.165) is 11.8 Å². The molecule has 1 aromatic heterocycles. The minimum absolute atomic E-state index is 0.0384. The van der Waals surface area contributed by atoms with Crippen LogP contribution in [0, 0.1) is 0 Å². The highest BCUT2D eigenvalue weighted by Crippen LogP contribution is 2.20. The van der Waals surface area contributed by atoms with Gasteiger partial charge in [0.15, 0.2) is 10.9 Å². The van der Waals surface area contributed by atoms with Gasteiger partial charge >= 0.3 is 0 Å². The standard InChI is InChI=1S/C15H16N4O3S/c1-8(20)10-3-5-11(6-4-10)17-14(22)9(2)23-15-18-12(16)7-13(21)19-15/h3-7,9H,1-2H3,(H,17,22)(H3,16,18,19,21)/t9-/m1/s1. The first kappa shape index (κ1) is 16.8. The number of nitrogen functional groups attached to an aromatic ring is 1. The lowest BCUT2D eigenvalue weighted by Crippen LogP contribution is -2.23. The minimum Gasteiger partial charge on any atom is -0.383 e. The number of anilines is 2. The Morgan fingerprint density at radius 2 is 1.96 bits per heavy atom. The highest BCUT2D eigenvalue weighted by molar-refractivity contribution is 8.00. The Labute approximate surface area is 136 Å². The zero-order valence-corrected chi connectivity index (χ0v) is 13.4. The van der Waals surface area contributed by atoms with Crippen LogP contribution in [0.15, 0.2) is 40.3 Å². The summed E-state index contributed by atoms with van der Waals surface area (Å²) in [6, 6.07) is 7.78. The molecule has 0 spiro atoms. The molecule has 120 valence electrons. The van der Waals surface area contributed by atoms with E-state index in [-0.39, 0.29) is 28.2 Å². The SMILES string of the molecule is CC(=O)c1ccc(NC(=O)[C@@H](C)Sc2nc(N)cc(=O)[nH]2)cc1. The molecule has 1 atom stereocenters. The highest BCUT2D eigenvalue weighted by Gasteiger charge is 2.16. The van der Waals surface area contributed by atoms with Gasteiger partial charge in [-0.1, -0.05) is 11.8 Å². The number of rotatable bonds is 5. The normalized spacial score (nSPS) is 11.7. The van der Waals surface area contributed by atoms with Crippen molar-refractivity contribution < 1.29 is 9.59 Å². The fourth-order valence-electron chi connectivity index (χ4n) is 1.76. The van der Waals surface area contributed by atoms with E-state index in [1.807, 2.05) is 0 Å². The third kappa shape index (κ3) is 4.68. The number of thioether (sulfide) groups is 1. The van der Waals surface area contributed by atoms with E-state index < -0.39 is 5.25 Å². The van der Waals surface area contributed by atoms with Crippen molar-refractivity contribution in [1.29, 1.82) is 0 Å². The summed E-state index contributed by atoms with van der Waals surface area (Å²) in [4.78, 5) is 41.2. The molecule has 0 radical (unpaired) electrons. The molecule has 0 saturated carbocycles.